The Morgan fingerprint density at radius 3 is 2.56 bits per heavy atom. The predicted octanol–water partition coefficient (Wildman–Crippen LogP) is 2.41. The van der Waals surface area contributed by atoms with Gasteiger partial charge in [0.05, 0.1) is 24.6 Å². The van der Waals surface area contributed by atoms with Crippen LogP contribution >= 0.6 is 0 Å². The molecule has 1 amide bonds. The maximum atomic E-state index is 12.6. The summed E-state index contributed by atoms with van der Waals surface area (Å²) < 4.78 is 7.11. The van der Waals surface area contributed by atoms with Gasteiger partial charge in [0.25, 0.3) is 5.91 Å². The van der Waals surface area contributed by atoms with E-state index in [0.29, 0.717) is 31.9 Å². The van der Waals surface area contributed by atoms with Gasteiger partial charge < -0.3 is 9.64 Å². The summed E-state index contributed by atoms with van der Waals surface area (Å²) in [4.78, 5) is 18.9. The maximum Gasteiger partial charge on any atom is 0.254 e. The third-order valence-electron chi connectivity index (χ3n) is 4.24. The minimum absolute atomic E-state index is 0.0279. The summed E-state index contributed by atoms with van der Waals surface area (Å²) in [5, 5.41) is 4.22. The Morgan fingerprint density at radius 2 is 1.84 bits per heavy atom. The fraction of sp³-hybridized carbons (Fsp3) is 0.211. The molecule has 2 aromatic heterocycles. The number of pyridine rings is 1. The van der Waals surface area contributed by atoms with Crippen LogP contribution in [0.5, 0.6) is 0 Å². The third-order valence-corrected chi connectivity index (χ3v) is 4.24. The predicted molar refractivity (Wildman–Crippen MR) is 93.5 cm³/mol. The molecule has 1 aliphatic rings. The Balaban J connectivity index is 1.57. The number of rotatable bonds is 3. The van der Waals surface area contributed by atoms with Crippen LogP contribution in [0.1, 0.15) is 10.4 Å². The highest BCUT2D eigenvalue weighted by atomic mass is 16.5. The van der Waals surface area contributed by atoms with Crippen molar-refractivity contribution in [3.63, 3.8) is 0 Å². The lowest BCUT2D eigenvalue weighted by atomic mass is 10.1. The van der Waals surface area contributed by atoms with Crippen molar-refractivity contribution >= 4 is 5.91 Å². The molecule has 1 fully saturated rings. The zero-order valence-corrected chi connectivity index (χ0v) is 13.7. The summed E-state index contributed by atoms with van der Waals surface area (Å²) in [7, 11) is 0. The van der Waals surface area contributed by atoms with Crippen molar-refractivity contribution in [1.82, 2.24) is 19.7 Å². The first-order chi connectivity index (χ1) is 12.3. The Labute approximate surface area is 145 Å². The van der Waals surface area contributed by atoms with Crippen LogP contribution in [-0.4, -0.2) is 51.9 Å². The van der Waals surface area contributed by atoms with Gasteiger partial charge in [0, 0.05) is 42.8 Å². The number of nitrogens with zero attached hydrogens (tertiary/aromatic N) is 4. The molecule has 0 aliphatic carbocycles. The van der Waals surface area contributed by atoms with Crippen molar-refractivity contribution in [2.24, 2.45) is 0 Å². The number of amides is 1. The first kappa shape index (κ1) is 15.5. The zero-order valence-electron chi connectivity index (χ0n) is 13.7. The number of morpholine rings is 1. The Kier molecular flexibility index (Phi) is 4.26. The van der Waals surface area contributed by atoms with E-state index in [1.807, 2.05) is 47.5 Å². The zero-order chi connectivity index (χ0) is 17.1. The van der Waals surface area contributed by atoms with E-state index < -0.39 is 0 Å². The second kappa shape index (κ2) is 6.86. The van der Waals surface area contributed by atoms with Crippen molar-refractivity contribution < 1.29 is 9.53 Å². The standard InChI is InChI=1S/C19H18N4O2/c24-19(22-10-12-25-13-11-22)16-6-8-20-18(14-16)15-2-4-17(5-3-15)23-9-1-7-21-23/h1-9,14H,10-13H2. The first-order valence-electron chi connectivity index (χ1n) is 8.25. The molecule has 6 heteroatoms. The lowest BCUT2D eigenvalue weighted by Crippen LogP contribution is -2.40. The molecule has 0 N–H and O–H groups in total. The van der Waals surface area contributed by atoms with E-state index in [1.54, 1.807) is 23.1 Å². The minimum atomic E-state index is 0.0279. The largest absolute Gasteiger partial charge is 0.378 e. The van der Waals surface area contributed by atoms with Crippen LogP contribution < -0.4 is 0 Å². The van der Waals surface area contributed by atoms with Crippen LogP contribution in [0.3, 0.4) is 0 Å². The van der Waals surface area contributed by atoms with Gasteiger partial charge in [0.1, 0.15) is 0 Å². The molecule has 25 heavy (non-hydrogen) atoms. The smallest absolute Gasteiger partial charge is 0.254 e. The number of carbonyl (C=O) groups excluding carboxylic acids is 1. The van der Waals surface area contributed by atoms with Crippen LogP contribution in [0.2, 0.25) is 0 Å². The second-order valence-electron chi connectivity index (χ2n) is 5.83. The van der Waals surface area contributed by atoms with E-state index in [9.17, 15) is 4.79 Å². The van der Waals surface area contributed by atoms with Crippen molar-refractivity contribution in [2.45, 2.75) is 0 Å². The number of carbonyl (C=O) groups is 1. The SMILES string of the molecule is O=C(c1ccnc(-c2ccc(-n3cccn3)cc2)c1)N1CCOCC1. The fourth-order valence-electron chi connectivity index (χ4n) is 2.88. The molecule has 4 rings (SSSR count). The highest BCUT2D eigenvalue weighted by molar-refractivity contribution is 5.95. The summed E-state index contributed by atoms with van der Waals surface area (Å²) in [6, 6.07) is 13.4. The Bertz CT molecular complexity index is 853. The lowest BCUT2D eigenvalue weighted by Gasteiger charge is -2.26. The summed E-state index contributed by atoms with van der Waals surface area (Å²) in [6.07, 6.45) is 5.33. The van der Waals surface area contributed by atoms with Crippen LogP contribution in [0.4, 0.5) is 0 Å². The molecular weight excluding hydrogens is 316 g/mol. The molecule has 0 radical (unpaired) electrons. The molecule has 3 aromatic rings. The summed E-state index contributed by atoms with van der Waals surface area (Å²) in [5.74, 6) is 0.0279. The highest BCUT2D eigenvalue weighted by Gasteiger charge is 2.19. The van der Waals surface area contributed by atoms with Crippen molar-refractivity contribution in [1.29, 1.82) is 0 Å². The summed E-state index contributed by atoms with van der Waals surface area (Å²) in [5.41, 5.74) is 3.39. The first-order valence-corrected chi connectivity index (χ1v) is 8.25. The van der Waals surface area contributed by atoms with Crippen molar-refractivity contribution in [3.05, 3.63) is 66.6 Å². The van der Waals surface area contributed by atoms with Crippen molar-refractivity contribution in [3.8, 4) is 16.9 Å². The van der Waals surface area contributed by atoms with E-state index in [1.165, 1.54) is 0 Å². The van der Waals surface area contributed by atoms with Gasteiger partial charge in [0.15, 0.2) is 0 Å². The average molecular weight is 334 g/mol. The number of benzene rings is 1. The topological polar surface area (TPSA) is 60.2 Å². The Hall–Kier alpha value is -2.99. The third kappa shape index (κ3) is 3.29. The van der Waals surface area contributed by atoms with E-state index in [-0.39, 0.29) is 5.91 Å². The van der Waals surface area contributed by atoms with E-state index in [4.69, 9.17) is 4.74 Å². The molecule has 0 unspecified atom stereocenters. The van der Waals surface area contributed by atoms with Gasteiger partial charge in [-0.2, -0.15) is 5.10 Å². The van der Waals surface area contributed by atoms with Crippen LogP contribution in [0, 0.1) is 0 Å². The average Bonchev–Trinajstić information content (AvgIpc) is 3.23. The molecule has 0 bridgehead atoms. The Morgan fingerprint density at radius 1 is 1.04 bits per heavy atom. The van der Waals surface area contributed by atoms with E-state index in [2.05, 4.69) is 10.1 Å². The van der Waals surface area contributed by atoms with E-state index in [0.717, 1.165) is 16.9 Å². The quantitative estimate of drug-likeness (QED) is 0.738. The summed E-state index contributed by atoms with van der Waals surface area (Å²) >= 11 is 0. The van der Waals surface area contributed by atoms with Crippen molar-refractivity contribution in [2.75, 3.05) is 26.3 Å². The fourth-order valence-corrected chi connectivity index (χ4v) is 2.88. The molecular formula is C19H18N4O2. The van der Waals surface area contributed by atoms with Gasteiger partial charge >= 0.3 is 0 Å². The van der Waals surface area contributed by atoms with Gasteiger partial charge in [0.2, 0.25) is 0 Å². The molecule has 126 valence electrons. The molecule has 3 heterocycles. The minimum Gasteiger partial charge on any atom is -0.378 e. The van der Waals surface area contributed by atoms with Gasteiger partial charge in [-0.3, -0.25) is 9.78 Å². The van der Waals surface area contributed by atoms with E-state index >= 15 is 0 Å². The number of aromatic nitrogens is 3. The second-order valence-corrected chi connectivity index (χ2v) is 5.83. The molecule has 1 aliphatic heterocycles. The number of ether oxygens (including phenoxy) is 1. The molecule has 1 aromatic carbocycles. The van der Waals surface area contributed by atoms with Gasteiger partial charge in [-0.25, -0.2) is 4.68 Å². The number of hydrogen-bond donors (Lipinski definition) is 0. The molecule has 0 saturated carbocycles. The van der Waals surface area contributed by atoms with Gasteiger partial charge in [-0.05, 0) is 30.3 Å². The normalized spacial score (nSPS) is 14.5. The summed E-state index contributed by atoms with van der Waals surface area (Å²) in [6.45, 7) is 2.46. The molecule has 0 atom stereocenters. The van der Waals surface area contributed by atoms with Crippen LogP contribution in [-0.2, 0) is 4.74 Å². The number of hydrogen-bond acceptors (Lipinski definition) is 4. The maximum absolute atomic E-state index is 12.6. The highest BCUT2D eigenvalue weighted by Crippen LogP contribution is 2.20. The van der Waals surface area contributed by atoms with Crippen LogP contribution in [0.15, 0.2) is 61.1 Å². The molecule has 6 nitrogen and oxygen atoms in total. The molecule has 1 saturated heterocycles. The van der Waals surface area contributed by atoms with Gasteiger partial charge in [-0.1, -0.05) is 12.1 Å². The van der Waals surface area contributed by atoms with Crippen LogP contribution in [0.25, 0.3) is 16.9 Å². The molecule has 0 spiro atoms. The lowest BCUT2D eigenvalue weighted by molar-refractivity contribution is 0.0303. The van der Waals surface area contributed by atoms with Gasteiger partial charge in [-0.15, -0.1) is 0 Å². The monoisotopic (exact) mass is 334 g/mol.